The maximum Gasteiger partial charge on any atom is 0.324 e. The topological polar surface area (TPSA) is 75.5 Å². The third-order valence-electron chi connectivity index (χ3n) is 4.49. The fraction of sp³-hybridized carbons (Fsp3) is 0.643. The molecule has 1 N–H and O–H groups in total. The Morgan fingerprint density at radius 2 is 2.19 bits per heavy atom. The van der Waals surface area contributed by atoms with Gasteiger partial charge in [0.25, 0.3) is 5.91 Å². The first kappa shape index (κ1) is 14.5. The molecule has 6 nitrogen and oxygen atoms in total. The number of rotatable bonds is 2. The predicted molar refractivity (Wildman–Crippen MR) is 80.6 cm³/mol. The van der Waals surface area contributed by atoms with Crippen molar-refractivity contribution in [3.8, 4) is 0 Å². The first-order valence-electron chi connectivity index (χ1n) is 7.34. The number of carbonyl (C=O) groups excluding carboxylic acids is 1. The molecule has 1 aromatic heterocycles. The van der Waals surface area contributed by atoms with Crippen LogP contribution in [0.25, 0.3) is 0 Å². The molecule has 1 aromatic rings. The summed E-state index contributed by atoms with van der Waals surface area (Å²) in [6.07, 6.45) is 4.50. The normalized spacial score (nSPS) is 26.0. The molecule has 0 radical (unpaired) electrons. The number of carbonyl (C=O) groups is 1. The number of nitro groups is 1. The van der Waals surface area contributed by atoms with Gasteiger partial charge in [-0.2, -0.15) is 0 Å². The van der Waals surface area contributed by atoms with E-state index in [0.29, 0.717) is 4.88 Å². The fourth-order valence-corrected chi connectivity index (χ4v) is 4.24. The van der Waals surface area contributed by atoms with Crippen molar-refractivity contribution in [1.29, 1.82) is 0 Å². The van der Waals surface area contributed by atoms with Gasteiger partial charge in [-0.15, -0.1) is 0 Å². The van der Waals surface area contributed by atoms with E-state index in [2.05, 4.69) is 5.32 Å². The van der Waals surface area contributed by atoms with Crippen molar-refractivity contribution in [3.05, 3.63) is 27.1 Å². The highest BCUT2D eigenvalue weighted by molar-refractivity contribution is 7.17. The average molecular weight is 309 g/mol. The first-order valence-corrected chi connectivity index (χ1v) is 8.16. The highest BCUT2D eigenvalue weighted by Gasteiger charge is 2.38. The molecule has 1 atom stereocenters. The summed E-state index contributed by atoms with van der Waals surface area (Å²) in [6, 6.07) is 2.99. The van der Waals surface area contributed by atoms with E-state index >= 15 is 0 Å². The van der Waals surface area contributed by atoms with Crippen molar-refractivity contribution in [2.45, 2.75) is 25.7 Å². The van der Waals surface area contributed by atoms with E-state index in [1.165, 1.54) is 6.07 Å². The van der Waals surface area contributed by atoms with E-state index in [-0.39, 0.29) is 16.3 Å². The lowest BCUT2D eigenvalue weighted by molar-refractivity contribution is -0.380. The first-order chi connectivity index (χ1) is 10.1. The molecule has 1 amide bonds. The molecule has 3 heterocycles. The van der Waals surface area contributed by atoms with E-state index in [9.17, 15) is 14.9 Å². The quantitative estimate of drug-likeness (QED) is 0.671. The van der Waals surface area contributed by atoms with E-state index in [1.807, 2.05) is 4.90 Å². The van der Waals surface area contributed by atoms with Crippen LogP contribution in [0.5, 0.6) is 0 Å². The Labute approximate surface area is 127 Å². The lowest BCUT2D eigenvalue weighted by atomic mass is 9.74. The van der Waals surface area contributed by atoms with Gasteiger partial charge < -0.3 is 10.2 Å². The van der Waals surface area contributed by atoms with Gasteiger partial charge in [-0.05, 0) is 38.3 Å². The number of likely N-dealkylation sites (tertiary alicyclic amines) is 1. The minimum Gasteiger partial charge on any atom is -0.337 e. The van der Waals surface area contributed by atoms with Crippen LogP contribution in [0.3, 0.4) is 0 Å². The summed E-state index contributed by atoms with van der Waals surface area (Å²) >= 11 is 0.972. The maximum atomic E-state index is 12.6. The van der Waals surface area contributed by atoms with Gasteiger partial charge in [-0.1, -0.05) is 11.3 Å². The Balaban J connectivity index is 1.73. The van der Waals surface area contributed by atoms with Gasteiger partial charge in [0.1, 0.15) is 0 Å². The molecular weight excluding hydrogens is 290 g/mol. The van der Waals surface area contributed by atoms with Crippen LogP contribution in [-0.2, 0) is 0 Å². The Hall–Kier alpha value is -1.47. The molecule has 0 bridgehead atoms. The summed E-state index contributed by atoms with van der Waals surface area (Å²) in [7, 11) is 0. The zero-order chi connectivity index (χ0) is 14.9. The molecule has 2 aliphatic rings. The molecule has 21 heavy (non-hydrogen) atoms. The van der Waals surface area contributed by atoms with Gasteiger partial charge in [0.05, 0.1) is 9.80 Å². The molecule has 3 rings (SSSR count). The third-order valence-corrected chi connectivity index (χ3v) is 5.52. The Bertz CT molecular complexity index is 546. The molecule has 7 heteroatoms. The number of nitrogens with one attached hydrogen (secondary N) is 1. The van der Waals surface area contributed by atoms with Crippen LogP contribution in [0.2, 0.25) is 0 Å². The molecule has 2 aliphatic heterocycles. The SMILES string of the molecule is O=C(c1ccc([N+](=O)[O-])s1)N1CCCC2(CCCNC2)C1. The lowest BCUT2D eigenvalue weighted by Gasteiger charge is -2.45. The monoisotopic (exact) mass is 309 g/mol. The van der Waals surface area contributed by atoms with Crippen molar-refractivity contribution >= 4 is 22.2 Å². The van der Waals surface area contributed by atoms with Gasteiger partial charge in [0.2, 0.25) is 0 Å². The summed E-state index contributed by atoms with van der Waals surface area (Å²) in [6.45, 7) is 3.56. The van der Waals surface area contributed by atoms with E-state index in [4.69, 9.17) is 0 Å². The van der Waals surface area contributed by atoms with E-state index in [0.717, 1.165) is 63.2 Å². The summed E-state index contributed by atoms with van der Waals surface area (Å²) in [5, 5.41) is 14.2. The Morgan fingerprint density at radius 1 is 1.38 bits per heavy atom. The maximum absolute atomic E-state index is 12.6. The second kappa shape index (κ2) is 5.73. The van der Waals surface area contributed by atoms with Crippen LogP contribution in [0.15, 0.2) is 12.1 Å². The zero-order valence-corrected chi connectivity index (χ0v) is 12.7. The fourth-order valence-electron chi connectivity index (χ4n) is 3.46. The number of piperidine rings is 2. The van der Waals surface area contributed by atoms with Crippen LogP contribution in [0.1, 0.15) is 35.4 Å². The minimum absolute atomic E-state index is 0.0319. The Kier molecular flexibility index (Phi) is 3.95. The second-order valence-electron chi connectivity index (χ2n) is 6.01. The van der Waals surface area contributed by atoms with Gasteiger partial charge in [0.15, 0.2) is 0 Å². The molecule has 1 spiro atoms. The van der Waals surface area contributed by atoms with Crippen molar-refractivity contribution in [3.63, 3.8) is 0 Å². The highest BCUT2D eigenvalue weighted by Crippen LogP contribution is 2.37. The number of thiophene rings is 1. The standard InChI is InChI=1S/C14H19N3O3S/c18-13(11-3-4-12(21-11)17(19)20)16-8-2-6-14(10-16)5-1-7-15-9-14/h3-4,15H,1-2,5-10H2. The smallest absolute Gasteiger partial charge is 0.324 e. The lowest BCUT2D eigenvalue weighted by Crippen LogP contribution is -2.52. The van der Waals surface area contributed by atoms with Crippen LogP contribution in [0.4, 0.5) is 5.00 Å². The van der Waals surface area contributed by atoms with Gasteiger partial charge in [-0.25, -0.2) is 0 Å². The molecule has 114 valence electrons. The van der Waals surface area contributed by atoms with Crippen molar-refractivity contribution in [2.24, 2.45) is 5.41 Å². The summed E-state index contributed by atoms with van der Waals surface area (Å²) in [5.41, 5.74) is 0.204. The van der Waals surface area contributed by atoms with Crippen molar-refractivity contribution in [1.82, 2.24) is 10.2 Å². The average Bonchev–Trinajstić information content (AvgIpc) is 2.97. The largest absolute Gasteiger partial charge is 0.337 e. The molecule has 1 unspecified atom stereocenters. The van der Waals surface area contributed by atoms with Gasteiger partial charge >= 0.3 is 5.00 Å². The van der Waals surface area contributed by atoms with Crippen LogP contribution >= 0.6 is 11.3 Å². The third kappa shape index (κ3) is 2.94. The number of hydrogen-bond donors (Lipinski definition) is 1. The summed E-state index contributed by atoms with van der Waals surface area (Å²) in [5.74, 6) is -0.0576. The van der Waals surface area contributed by atoms with Crippen molar-refractivity contribution in [2.75, 3.05) is 26.2 Å². The van der Waals surface area contributed by atoms with Crippen LogP contribution < -0.4 is 5.32 Å². The summed E-state index contributed by atoms with van der Waals surface area (Å²) in [4.78, 5) is 25.2. The predicted octanol–water partition coefficient (Wildman–Crippen LogP) is 2.26. The second-order valence-corrected chi connectivity index (χ2v) is 7.07. The number of amides is 1. The van der Waals surface area contributed by atoms with Crippen molar-refractivity contribution < 1.29 is 9.72 Å². The number of hydrogen-bond acceptors (Lipinski definition) is 5. The molecule has 2 fully saturated rings. The summed E-state index contributed by atoms with van der Waals surface area (Å²) < 4.78 is 0. The number of nitrogens with zero attached hydrogens (tertiary/aromatic N) is 2. The van der Waals surface area contributed by atoms with Crippen LogP contribution in [0, 0.1) is 15.5 Å². The molecule has 0 aliphatic carbocycles. The Morgan fingerprint density at radius 3 is 2.86 bits per heavy atom. The molecule has 0 aromatic carbocycles. The molecule has 2 saturated heterocycles. The molecule has 0 saturated carbocycles. The van der Waals surface area contributed by atoms with Crippen LogP contribution in [-0.4, -0.2) is 41.9 Å². The molecular formula is C14H19N3O3S. The highest BCUT2D eigenvalue weighted by atomic mass is 32.1. The van der Waals surface area contributed by atoms with Gasteiger partial charge in [-0.3, -0.25) is 14.9 Å². The van der Waals surface area contributed by atoms with Gasteiger partial charge in [0, 0.05) is 31.1 Å². The minimum atomic E-state index is -0.440. The van der Waals surface area contributed by atoms with E-state index in [1.54, 1.807) is 6.07 Å². The van der Waals surface area contributed by atoms with E-state index < -0.39 is 4.92 Å². The zero-order valence-electron chi connectivity index (χ0n) is 11.8.